The lowest BCUT2D eigenvalue weighted by Crippen LogP contribution is -2.07. The Morgan fingerprint density at radius 3 is 2.37 bits per heavy atom. The third-order valence-corrected chi connectivity index (χ3v) is 6.50. The van der Waals surface area contributed by atoms with Gasteiger partial charge in [-0.05, 0) is 78.7 Å². The van der Waals surface area contributed by atoms with Gasteiger partial charge in [-0.15, -0.1) is 0 Å². The number of fused-ring (bicyclic) bond motifs is 1. The summed E-state index contributed by atoms with van der Waals surface area (Å²) < 4.78 is 2.13. The number of hydrogen-bond donors (Lipinski definition) is 0. The van der Waals surface area contributed by atoms with Gasteiger partial charge in [0.25, 0.3) is 0 Å². The Morgan fingerprint density at radius 2 is 1.78 bits per heavy atom. The van der Waals surface area contributed by atoms with Crippen molar-refractivity contribution in [2.75, 3.05) is 0 Å². The third kappa shape index (κ3) is 5.75. The van der Waals surface area contributed by atoms with Gasteiger partial charge in [-0.2, -0.15) is 0 Å². The van der Waals surface area contributed by atoms with E-state index in [2.05, 4.69) is 37.9 Å². The Hall–Kier alpha value is -0.970. The molecule has 5 heteroatoms. The standard InChI is InChI=1S/C11H12BrClO.C11H11BrO/c1-7-3-4-9(10(12)5-7)6-8(2)11(13)14;1-6-3-9-8(10(12)4-6)5-7(2)11(9)13/h3-5,8H,6H2,1-2H3;3-4,7H,5H2,1-2H3. The summed E-state index contributed by atoms with van der Waals surface area (Å²) >= 11 is 12.4. The highest BCUT2D eigenvalue weighted by Crippen LogP contribution is 2.33. The molecule has 2 nitrogen and oxygen atoms in total. The summed E-state index contributed by atoms with van der Waals surface area (Å²) in [6.07, 6.45) is 1.57. The molecule has 0 amide bonds. The summed E-state index contributed by atoms with van der Waals surface area (Å²) in [6, 6.07) is 10.2. The number of rotatable bonds is 3. The van der Waals surface area contributed by atoms with Crippen molar-refractivity contribution in [3.8, 4) is 0 Å². The van der Waals surface area contributed by atoms with Crippen LogP contribution in [0.2, 0.25) is 0 Å². The second kappa shape index (κ2) is 9.49. The highest BCUT2D eigenvalue weighted by molar-refractivity contribution is 9.10. The molecule has 0 aromatic heterocycles. The molecule has 0 radical (unpaired) electrons. The molecule has 0 spiro atoms. The zero-order valence-corrected chi connectivity index (χ0v) is 19.8. The van der Waals surface area contributed by atoms with Crippen LogP contribution in [0.3, 0.4) is 0 Å². The lowest BCUT2D eigenvalue weighted by Gasteiger charge is -2.08. The van der Waals surface area contributed by atoms with Gasteiger partial charge in [0, 0.05) is 26.3 Å². The van der Waals surface area contributed by atoms with Crippen LogP contribution in [0.1, 0.15) is 46.5 Å². The minimum Gasteiger partial charge on any atom is -0.294 e. The molecule has 144 valence electrons. The van der Waals surface area contributed by atoms with E-state index in [1.54, 1.807) is 0 Å². The van der Waals surface area contributed by atoms with Crippen LogP contribution in [0.4, 0.5) is 0 Å². The van der Waals surface area contributed by atoms with Crippen molar-refractivity contribution in [1.82, 2.24) is 0 Å². The van der Waals surface area contributed by atoms with Gasteiger partial charge in [-0.1, -0.05) is 57.8 Å². The zero-order chi connectivity index (χ0) is 20.3. The van der Waals surface area contributed by atoms with Crippen molar-refractivity contribution in [3.05, 3.63) is 67.1 Å². The van der Waals surface area contributed by atoms with Crippen LogP contribution in [0.15, 0.2) is 39.3 Å². The van der Waals surface area contributed by atoms with Crippen LogP contribution in [-0.4, -0.2) is 11.0 Å². The van der Waals surface area contributed by atoms with Crippen LogP contribution < -0.4 is 0 Å². The molecule has 2 atom stereocenters. The number of benzene rings is 2. The molecule has 0 fully saturated rings. The molecule has 2 aromatic carbocycles. The van der Waals surface area contributed by atoms with E-state index in [0.29, 0.717) is 12.2 Å². The van der Waals surface area contributed by atoms with Crippen molar-refractivity contribution < 1.29 is 9.59 Å². The predicted molar refractivity (Wildman–Crippen MR) is 119 cm³/mol. The van der Waals surface area contributed by atoms with Crippen LogP contribution >= 0.6 is 43.5 Å². The number of carbonyl (C=O) groups excluding carboxylic acids is 2. The molecule has 0 saturated heterocycles. The Bertz CT molecular complexity index is 877. The second-order valence-corrected chi connectivity index (χ2v) is 9.33. The maximum Gasteiger partial charge on any atom is 0.224 e. The fraction of sp³-hybridized carbons (Fsp3) is 0.364. The third-order valence-electron chi connectivity index (χ3n) is 4.69. The molecule has 3 rings (SSSR count). The van der Waals surface area contributed by atoms with Crippen LogP contribution in [0.5, 0.6) is 0 Å². The Balaban J connectivity index is 0.000000194. The maximum atomic E-state index is 11.7. The van der Waals surface area contributed by atoms with E-state index >= 15 is 0 Å². The second-order valence-electron chi connectivity index (χ2n) is 7.25. The average Bonchev–Trinajstić information content (AvgIpc) is 2.86. The lowest BCUT2D eigenvalue weighted by molar-refractivity contribution is -0.114. The normalized spacial score (nSPS) is 16.4. The molecule has 1 aliphatic rings. The molecular weight excluding hydrogens is 492 g/mol. The topological polar surface area (TPSA) is 34.1 Å². The van der Waals surface area contributed by atoms with Crippen molar-refractivity contribution in [2.45, 2.75) is 40.5 Å². The van der Waals surface area contributed by atoms with E-state index in [1.165, 1.54) is 11.1 Å². The van der Waals surface area contributed by atoms with Gasteiger partial charge in [-0.3, -0.25) is 9.59 Å². The molecular formula is C22H23Br2ClO2. The van der Waals surface area contributed by atoms with E-state index in [0.717, 1.165) is 32.1 Å². The summed E-state index contributed by atoms with van der Waals surface area (Å²) in [7, 11) is 0. The highest BCUT2D eigenvalue weighted by Gasteiger charge is 2.28. The lowest BCUT2D eigenvalue weighted by atomic mass is 10.0. The predicted octanol–water partition coefficient (Wildman–Crippen LogP) is 6.83. The van der Waals surface area contributed by atoms with Gasteiger partial charge in [0.05, 0.1) is 0 Å². The summed E-state index contributed by atoms with van der Waals surface area (Å²) in [6.45, 7) is 7.87. The van der Waals surface area contributed by atoms with Gasteiger partial charge in [-0.25, -0.2) is 0 Å². The van der Waals surface area contributed by atoms with Crippen LogP contribution in [0, 0.1) is 25.7 Å². The van der Waals surface area contributed by atoms with Gasteiger partial charge in [0.15, 0.2) is 5.78 Å². The van der Waals surface area contributed by atoms with Gasteiger partial charge >= 0.3 is 0 Å². The summed E-state index contributed by atoms with van der Waals surface area (Å²) in [5.74, 6) is 0.322. The molecule has 27 heavy (non-hydrogen) atoms. The SMILES string of the molecule is Cc1cc(Br)c2c(c1)C(=O)C(C)C2.Cc1ccc(CC(C)C(=O)Cl)c(Br)c1. The van der Waals surface area contributed by atoms with E-state index in [4.69, 9.17) is 11.6 Å². The average molecular weight is 515 g/mol. The molecule has 1 aliphatic carbocycles. The Labute approximate surface area is 182 Å². The number of hydrogen-bond acceptors (Lipinski definition) is 2. The van der Waals surface area contributed by atoms with E-state index in [1.807, 2.05) is 52.0 Å². The first-order chi connectivity index (χ1) is 12.6. The maximum absolute atomic E-state index is 11.7. The minimum atomic E-state index is -0.280. The fourth-order valence-corrected chi connectivity index (χ4v) is 4.56. The van der Waals surface area contributed by atoms with E-state index in [-0.39, 0.29) is 17.1 Å². The molecule has 0 heterocycles. The Morgan fingerprint density at radius 1 is 1.15 bits per heavy atom. The molecule has 2 unspecified atom stereocenters. The first kappa shape index (κ1) is 22.3. The fourth-order valence-electron chi connectivity index (χ4n) is 3.09. The number of ketones is 1. The smallest absolute Gasteiger partial charge is 0.224 e. The van der Waals surface area contributed by atoms with Gasteiger partial charge in [0.1, 0.15) is 0 Å². The number of aryl methyl sites for hydroxylation is 2. The van der Waals surface area contributed by atoms with E-state index < -0.39 is 0 Å². The zero-order valence-electron chi connectivity index (χ0n) is 15.9. The molecule has 0 aliphatic heterocycles. The molecule has 0 N–H and O–H groups in total. The summed E-state index contributed by atoms with van der Waals surface area (Å²) in [5.41, 5.74) is 5.57. The molecule has 0 bridgehead atoms. The summed E-state index contributed by atoms with van der Waals surface area (Å²) in [4.78, 5) is 22.6. The van der Waals surface area contributed by atoms with Gasteiger partial charge in [0.2, 0.25) is 5.24 Å². The van der Waals surface area contributed by atoms with Crippen molar-refractivity contribution >= 4 is 54.5 Å². The Kier molecular flexibility index (Phi) is 7.84. The van der Waals surface area contributed by atoms with E-state index in [9.17, 15) is 9.59 Å². The van der Waals surface area contributed by atoms with Crippen LogP contribution in [0.25, 0.3) is 0 Å². The molecule has 2 aromatic rings. The number of carbonyl (C=O) groups is 2. The quantitative estimate of drug-likeness (QED) is 0.421. The van der Waals surface area contributed by atoms with Crippen molar-refractivity contribution in [2.24, 2.45) is 11.8 Å². The van der Waals surface area contributed by atoms with Crippen molar-refractivity contribution in [1.29, 1.82) is 0 Å². The minimum absolute atomic E-state index is 0.129. The summed E-state index contributed by atoms with van der Waals surface area (Å²) in [5, 5.41) is -0.280. The highest BCUT2D eigenvalue weighted by atomic mass is 79.9. The number of Topliss-reactive ketones (excluding diaryl/α,β-unsaturated/α-hetero) is 1. The monoisotopic (exact) mass is 512 g/mol. The first-order valence-electron chi connectivity index (χ1n) is 8.87. The first-order valence-corrected chi connectivity index (χ1v) is 10.8. The molecule has 0 saturated carbocycles. The van der Waals surface area contributed by atoms with Gasteiger partial charge < -0.3 is 0 Å². The van der Waals surface area contributed by atoms with Crippen LogP contribution in [-0.2, 0) is 17.6 Å². The van der Waals surface area contributed by atoms with Crippen molar-refractivity contribution in [3.63, 3.8) is 0 Å². The number of halogens is 3. The largest absolute Gasteiger partial charge is 0.294 e.